The lowest BCUT2D eigenvalue weighted by Gasteiger charge is -2.05. The highest BCUT2D eigenvalue weighted by molar-refractivity contribution is 7.89. The molecule has 0 saturated heterocycles. The van der Waals surface area contributed by atoms with E-state index in [0.717, 1.165) is 0 Å². The number of aromatic nitrogens is 2. The summed E-state index contributed by atoms with van der Waals surface area (Å²) < 4.78 is 29.9. The Hall–Kier alpha value is -3.20. The summed E-state index contributed by atoms with van der Waals surface area (Å²) >= 11 is 0. The Kier molecular flexibility index (Phi) is 4.48. The molecule has 25 heavy (non-hydrogen) atoms. The van der Waals surface area contributed by atoms with Crippen LogP contribution in [-0.4, -0.2) is 26.7 Å². The van der Waals surface area contributed by atoms with Crippen molar-refractivity contribution in [3.05, 3.63) is 65.6 Å². The van der Waals surface area contributed by atoms with Crippen molar-refractivity contribution in [3.63, 3.8) is 0 Å². The summed E-state index contributed by atoms with van der Waals surface area (Å²) in [6.45, 7) is 0. The largest absolute Gasteiger partial charge is 0.618 e. The molecule has 0 saturated carbocycles. The molecule has 1 N–H and O–H groups in total. The van der Waals surface area contributed by atoms with Crippen LogP contribution in [-0.2, 0) is 10.0 Å². The number of hydrogen-bond donors (Lipinski definition) is 1. The summed E-state index contributed by atoms with van der Waals surface area (Å²) in [5.74, 6) is 0.544. The Bertz CT molecular complexity index is 1030. The summed E-state index contributed by atoms with van der Waals surface area (Å²) in [7, 11) is -2.33. The van der Waals surface area contributed by atoms with E-state index in [1.165, 1.54) is 43.8 Å². The SMILES string of the molecule is COc1ccc(S(=O)(=O)N/N=C/c2c[n+]([O-])c3ccccc3n2)cc1. The van der Waals surface area contributed by atoms with Gasteiger partial charge < -0.3 is 9.94 Å². The zero-order valence-electron chi connectivity index (χ0n) is 13.2. The normalized spacial score (nSPS) is 11.7. The number of ether oxygens (including phenoxy) is 1. The van der Waals surface area contributed by atoms with Gasteiger partial charge in [0.25, 0.3) is 10.0 Å². The standard InChI is InChI=1S/C16H14N4O4S/c1-24-13-6-8-14(9-7-13)25(22,23)19-17-10-12-11-20(21)16-5-3-2-4-15(16)18-12/h2-11,19H,1H3/b17-10+. The van der Waals surface area contributed by atoms with Gasteiger partial charge in [0.05, 0.1) is 18.2 Å². The Labute approximate surface area is 144 Å². The minimum absolute atomic E-state index is 0.0378. The quantitative estimate of drug-likeness (QED) is 0.319. The maximum absolute atomic E-state index is 12.1. The average Bonchev–Trinajstić information content (AvgIpc) is 2.62. The van der Waals surface area contributed by atoms with Gasteiger partial charge in [0, 0.05) is 6.07 Å². The molecule has 0 radical (unpaired) electrons. The van der Waals surface area contributed by atoms with Crippen molar-refractivity contribution >= 4 is 27.3 Å². The molecule has 0 aliphatic carbocycles. The molecule has 0 unspecified atom stereocenters. The lowest BCUT2D eigenvalue weighted by atomic mass is 10.3. The molecule has 0 fully saturated rings. The number of nitrogens with one attached hydrogen (secondary N) is 1. The van der Waals surface area contributed by atoms with Crippen LogP contribution >= 0.6 is 0 Å². The fraction of sp³-hybridized carbons (Fsp3) is 0.0625. The highest BCUT2D eigenvalue weighted by atomic mass is 32.2. The van der Waals surface area contributed by atoms with E-state index < -0.39 is 10.0 Å². The number of sulfonamides is 1. The molecule has 0 aliphatic rings. The summed E-state index contributed by atoms with van der Waals surface area (Å²) in [4.78, 5) is 6.35. The summed E-state index contributed by atoms with van der Waals surface area (Å²) in [5, 5.41) is 15.6. The second-order valence-electron chi connectivity index (χ2n) is 5.01. The zero-order valence-corrected chi connectivity index (χ0v) is 14.0. The third kappa shape index (κ3) is 3.66. The van der Waals surface area contributed by atoms with E-state index in [1.807, 2.05) is 0 Å². The van der Waals surface area contributed by atoms with Gasteiger partial charge in [0.1, 0.15) is 17.0 Å². The third-order valence-corrected chi connectivity index (χ3v) is 4.60. The van der Waals surface area contributed by atoms with Crippen molar-refractivity contribution in [2.75, 3.05) is 7.11 Å². The smallest absolute Gasteiger partial charge is 0.276 e. The highest BCUT2D eigenvalue weighted by Crippen LogP contribution is 2.15. The van der Waals surface area contributed by atoms with Gasteiger partial charge in [-0.25, -0.2) is 4.98 Å². The molecule has 1 heterocycles. The topological polar surface area (TPSA) is 108 Å². The molecule has 0 spiro atoms. The molecule has 0 atom stereocenters. The second kappa shape index (κ2) is 6.73. The number of fused-ring (bicyclic) bond motifs is 1. The molecule has 0 bridgehead atoms. The van der Waals surface area contributed by atoms with E-state index in [-0.39, 0.29) is 10.6 Å². The molecule has 9 heteroatoms. The van der Waals surface area contributed by atoms with Crippen LogP contribution in [0.3, 0.4) is 0 Å². The predicted molar refractivity (Wildman–Crippen MR) is 91.6 cm³/mol. The number of hydrazone groups is 1. The van der Waals surface area contributed by atoms with Crippen LogP contribution in [0.4, 0.5) is 0 Å². The molecule has 0 aliphatic heterocycles. The van der Waals surface area contributed by atoms with Crippen molar-refractivity contribution in [3.8, 4) is 5.75 Å². The van der Waals surface area contributed by atoms with Crippen LogP contribution in [0.5, 0.6) is 5.75 Å². The van der Waals surface area contributed by atoms with Crippen molar-refractivity contribution < 1.29 is 17.9 Å². The number of nitrogens with zero attached hydrogens (tertiary/aromatic N) is 3. The van der Waals surface area contributed by atoms with Gasteiger partial charge in [0.15, 0.2) is 0 Å². The van der Waals surface area contributed by atoms with Gasteiger partial charge in [0.2, 0.25) is 11.7 Å². The van der Waals surface area contributed by atoms with Gasteiger partial charge in [-0.3, -0.25) is 0 Å². The van der Waals surface area contributed by atoms with E-state index in [0.29, 0.717) is 21.5 Å². The van der Waals surface area contributed by atoms with Gasteiger partial charge in [-0.1, -0.05) is 12.1 Å². The minimum Gasteiger partial charge on any atom is -0.618 e. The van der Waals surface area contributed by atoms with Crippen LogP contribution in [0.2, 0.25) is 0 Å². The van der Waals surface area contributed by atoms with Crippen LogP contribution < -0.4 is 14.3 Å². The van der Waals surface area contributed by atoms with Crippen LogP contribution in [0, 0.1) is 5.21 Å². The van der Waals surface area contributed by atoms with E-state index in [1.54, 1.807) is 24.3 Å². The second-order valence-corrected chi connectivity index (χ2v) is 6.67. The van der Waals surface area contributed by atoms with Crippen molar-refractivity contribution in [2.24, 2.45) is 5.10 Å². The molecule has 8 nitrogen and oxygen atoms in total. The van der Waals surface area contributed by atoms with Crippen LogP contribution in [0.1, 0.15) is 5.69 Å². The molecule has 3 aromatic rings. The van der Waals surface area contributed by atoms with Gasteiger partial charge in [-0.2, -0.15) is 23.1 Å². The first kappa shape index (κ1) is 16.7. The van der Waals surface area contributed by atoms with Gasteiger partial charge in [-0.15, -0.1) is 0 Å². The molecular formula is C16H14N4O4S. The Morgan fingerprint density at radius 3 is 2.64 bits per heavy atom. The van der Waals surface area contributed by atoms with Crippen LogP contribution in [0.25, 0.3) is 11.0 Å². The summed E-state index contributed by atoms with van der Waals surface area (Å²) in [6, 6.07) is 12.7. The predicted octanol–water partition coefficient (Wildman–Crippen LogP) is 1.19. The Balaban J connectivity index is 1.80. The number of benzene rings is 2. The molecule has 0 amide bonds. The molecule has 3 rings (SSSR count). The summed E-state index contributed by atoms with van der Waals surface area (Å²) in [6.07, 6.45) is 2.38. The highest BCUT2D eigenvalue weighted by Gasteiger charge is 2.13. The zero-order chi connectivity index (χ0) is 17.9. The fourth-order valence-electron chi connectivity index (χ4n) is 2.13. The van der Waals surface area contributed by atoms with E-state index in [4.69, 9.17) is 4.74 Å². The monoisotopic (exact) mass is 358 g/mol. The number of rotatable bonds is 5. The molecule has 2 aromatic carbocycles. The lowest BCUT2D eigenvalue weighted by Crippen LogP contribution is -2.28. The number of para-hydroxylation sites is 2. The first-order chi connectivity index (χ1) is 12.0. The Morgan fingerprint density at radius 2 is 1.92 bits per heavy atom. The average molecular weight is 358 g/mol. The molecule has 1 aromatic heterocycles. The minimum atomic E-state index is -3.82. The molecule has 128 valence electrons. The van der Waals surface area contributed by atoms with Gasteiger partial charge in [-0.05, 0) is 30.3 Å². The van der Waals surface area contributed by atoms with Crippen molar-refractivity contribution in [1.29, 1.82) is 0 Å². The lowest BCUT2D eigenvalue weighted by molar-refractivity contribution is -0.577. The molecular weight excluding hydrogens is 344 g/mol. The maximum Gasteiger partial charge on any atom is 0.276 e. The maximum atomic E-state index is 12.1. The van der Waals surface area contributed by atoms with E-state index in [2.05, 4.69) is 14.9 Å². The van der Waals surface area contributed by atoms with E-state index >= 15 is 0 Å². The first-order valence-corrected chi connectivity index (χ1v) is 8.66. The van der Waals surface area contributed by atoms with Gasteiger partial charge >= 0.3 is 0 Å². The van der Waals surface area contributed by atoms with Crippen molar-refractivity contribution in [1.82, 2.24) is 9.82 Å². The van der Waals surface area contributed by atoms with Crippen molar-refractivity contribution in [2.45, 2.75) is 4.90 Å². The summed E-state index contributed by atoms with van der Waals surface area (Å²) in [5.41, 5.74) is 1.13. The number of methoxy groups -OCH3 is 1. The number of hydrogen-bond acceptors (Lipinski definition) is 6. The first-order valence-electron chi connectivity index (χ1n) is 7.17. The van der Waals surface area contributed by atoms with E-state index in [9.17, 15) is 13.6 Å². The third-order valence-electron chi connectivity index (χ3n) is 3.36. The van der Waals surface area contributed by atoms with Crippen LogP contribution in [0.15, 0.2) is 64.7 Å². The fourth-order valence-corrected chi connectivity index (χ4v) is 2.93. The Morgan fingerprint density at radius 1 is 1.20 bits per heavy atom.